The van der Waals surface area contributed by atoms with Gasteiger partial charge in [0.2, 0.25) is 6.79 Å². The summed E-state index contributed by atoms with van der Waals surface area (Å²) in [5, 5.41) is 3.40. The number of methoxy groups -OCH3 is 1. The van der Waals surface area contributed by atoms with E-state index in [-0.39, 0.29) is 31.6 Å². The summed E-state index contributed by atoms with van der Waals surface area (Å²) in [6.45, 7) is 1.61. The van der Waals surface area contributed by atoms with Crippen molar-refractivity contribution < 1.29 is 35.7 Å². The molecule has 1 heterocycles. The van der Waals surface area contributed by atoms with Gasteiger partial charge in [0.05, 0.1) is 7.11 Å². The minimum atomic E-state index is -0.287. The van der Waals surface area contributed by atoms with Crippen LogP contribution in [0.1, 0.15) is 16.7 Å². The number of rotatable bonds is 8. The van der Waals surface area contributed by atoms with Crippen LogP contribution in [0.2, 0.25) is 0 Å². The van der Waals surface area contributed by atoms with Crippen LogP contribution in [-0.4, -0.2) is 13.9 Å². The molecule has 5 nitrogen and oxygen atoms in total. The Morgan fingerprint density at radius 3 is 2.57 bits per heavy atom. The molecule has 0 saturated heterocycles. The monoisotopic (exact) mass is 430 g/mol. The highest BCUT2D eigenvalue weighted by Gasteiger charge is 2.14. The normalized spacial score (nSPS) is 11.7. The minimum Gasteiger partial charge on any atom is -1.00 e. The third kappa shape index (κ3) is 4.96. The van der Waals surface area contributed by atoms with Crippen LogP contribution in [-0.2, 0) is 19.7 Å². The Kier molecular flexibility index (Phi) is 7.38. The van der Waals surface area contributed by atoms with E-state index in [0.717, 1.165) is 22.6 Å². The third-order valence-electron chi connectivity index (χ3n) is 4.69. The number of halogens is 2. The summed E-state index contributed by atoms with van der Waals surface area (Å²) in [4.78, 5) is 0. The Hall–Kier alpha value is -2.96. The Labute approximate surface area is 181 Å². The fraction of sp³-hybridized carbons (Fsp3) is 0.217. The maximum atomic E-state index is 13.9. The first kappa shape index (κ1) is 21.7. The Morgan fingerprint density at radius 2 is 1.73 bits per heavy atom. The molecule has 1 aliphatic heterocycles. The van der Waals surface area contributed by atoms with Gasteiger partial charge in [-0.25, -0.2) is 4.39 Å². The molecule has 0 bridgehead atoms. The lowest BCUT2D eigenvalue weighted by molar-refractivity contribution is -0.00000854. The van der Waals surface area contributed by atoms with Gasteiger partial charge in [-0.1, -0.05) is 36.4 Å². The molecule has 0 fully saturated rings. The molecule has 1 aliphatic rings. The molecular weight excluding hydrogens is 409 g/mol. The summed E-state index contributed by atoms with van der Waals surface area (Å²) in [5.74, 6) is 2.47. The van der Waals surface area contributed by atoms with Crippen LogP contribution in [0.4, 0.5) is 4.39 Å². The number of para-hydroxylation sites is 1. The zero-order valence-electron chi connectivity index (χ0n) is 16.5. The van der Waals surface area contributed by atoms with E-state index in [4.69, 9.17) is 18.9 Å². The maximum absolute atomic E-state index is 13.9. The van der Waals surface area contributed by atoms with Gasteiger partial charge in [-0.3, -0.25) is 0 Å². The van der Waals surface area contributed by atoms with E-state index in [0.29, 0.717) is 30.2 Å². The maximum Gasteiger partial charge on any atom is 0.231 e. The van der Waals surface area contributed by atoms with Crippen molar-refractivity contribution >= 4 is 0 Å². The van der Waals surface area contributed by atoms with Gasteiger partial charge in [0, 0.05) is 24.2 Å². The number of hydrogen-bond acceptors (Lipinski definition) is 5. The topological polar surface area (TPSA) is 49.0 Å². The van der Waals surface area contributed by atoms with Crippen LogP contribution in [0.15, 0.2) is 60.7 Å². The van der Waals surface area contributed by atoms with Crippen molar-refractivity contribution in [2.24, 2.45) is 0 Å². The highest BCUT2D eigenvalue weighted by Crippen LogP contribution is 2.33. The molecule has 3 aromatic rings. The lowest BCUT2D eigenvalue weighted by Crippen LogP contribution is -3.00. The summed E-state index contributed by atoms with van der Waals surface area (Å²) < 4.78 is 36.1. The molecule has 7 heteroatoms. The predicted molar refractivity (Wildman–Crippen MR) is 107 cm³/mol. The molecule has 3 aromatic carbocycles. The SMILES string of the molecule is COc1cccc(CNCc2ccc3c(c2)OCO3)c1OCc1ccccc1F.[Cl-]. The van der Waals surface area contributed by atoms with E-state index in [1.807, 2.05) is 36.4 Å². The number of benzene rings is 3. The lowest BCUT2D eigenvalue weighted by Gasteiger charge is -2.16. The summed E-state index contributed by atoms with van der Waals surface area (Å²) in [7, 11) is 1.59. The molecule has 0 radical (unpaired) electrons. The molecule has 0 amide bonds. The number of ether oxygens (including phenoxy) is 4. The largest absolute Gasteiger partial charge is 1.00 e. The van der Waals surface area contributed by atoms with E-state index in [1.54, 1.807) is 25.3 Å². The molecule has 0 unspecified atom stereocenters. The van der Waals surface area contributed by atoms with Gasteiger partial charge in [-0.15, -0.1) is 0 Å². The standard InChI is InChI=1S/C23H22FNO4.ClH/c1-26-21-8-4-6-17(23(21)27-14-18-5-2-3-7-19(18)24)13-25-12-16-9-10-20-22(11-16)29-15-28-20;/h2-11,25H,12-15H2,1H3;1H/p-1. The van der Waals surface area contributed by atoms with Gasteiger partial charge in [0.1, 0.15) is 12.4 Å². The summed E-state index contributed by atoms with van der Waals surface area (Å²) in [6, 6.07) is 18.2. The molecule has 158 valence electrons. The summed E-state index contributed by atoms with van der Waals surface area (Å²) in [5.41, 5.74) is 2.52. The van der Waals surface area contributed by atoms with Crippen LogP contribution in [0.25, 0.3) is 0 Å². The van der Waals surface area contributed by atoms with Crippen molar-refractivity contribution in [3.63, 3.8) is 0 Å². The van der Waals surface area contributed by atoms with Crippen molar-refractivity contribution in [2.45, 2.75) is 19.7 Å². The third-order valence-corrected chi connectivity index (χ3v) is 4.69. The van der Waals surface area contributed by atoms with Crippen molar-refractivity contribution in [2.75, 3.05) is 13.9 Å². The fourth-order valence-corrected chi connectivity index (χ4v) is 3.18. The first-order valence-corrected chi connectivity index (χ1v) is 9.36. The van der Waals surface area contributed by atoms with Gasteiger partial charge in [0.15, 0.2) is 23.0 Å². The summed E-state index contributed by atoms with van der Waals surface area (Å²) >= 11 is 0. The van der Waals surface area contributed by atoms with Gasteiger partial charge >= 0.3 is 0 Å². The average Bonchev–Trinajstić information content (AvgIpc) is 3.21. The molecule has 4 rings (SSSR count). The highest BCUT2D eigenvalue weighted by molar-refractivity contribution is 5.47. The molecule has 1 N–H and O–H groups in total. The second kappa shape index (κ2) is 10.2. The van der Waals surface area contributed by atoms with Gasteiger partial charge in [-0.2, -0.15) is 0 Å². The van der Waals surface area contributed by atoms with Crippen molar-refractivity contribution in [3.05, 3.63) is 83.2 Å². The van der Waals surface area contributed by atoms with E-state index in [9.17, 15) is 4.39 Å². The van der Waals surface area contributed by atoms with Crippen LogP contribution in [0.5, 0.6) is 23.0 Å². The average molecular weight is 431 g/mol. The second-order valence-electron chi connectivity index (χ2n) is 6.62. The van der Waals surface area contributed by atoms with E-state index >= 15 is 0 Å². The van der Waals surface area contributed by atoms with Crippen LogP contribution in [0, 0.1) is 5.82 Å². The fourth-order valence-electron chi connectivity index (χ4n) is 3.18. The second-order valence-corrected chi connectivity index (χ2v) is 6.62. The molecule has 30 heavy (non-hydrogen) atoms. The first-order valence-electron chi connectivity index (χ1n) is 9.36. The molecule has 0 atom stereocenters. The Bertz CT molecular complexity index is 999. The smallest absolute Gasteiger partial charge is 0.231 e. The number of nitrogens with one attached hydrogen (secondary N) is 1. The van der Waals surface area contributed by atoms with Gasteiger partial charge < -0.3 is 36.7 Å². The predicted octanol–water partition coefficient (Wildman–Crippen LogP) is 1.44. The lowest BCUT2D eigenvalue weighted by atomic mass is 10.1. The zero-order valence-corrected chi connectivity index (χ0v) is 17.2. The Morgan fingerprint density at radius 1 is 0.933 bits per heavy atom. The quantitative estimate of drug-likeness (QED) is 0.586. The van der Waals surface area contributed by atoms with Gasteiger partial charge in [0.25, 0.3) is 0 Å². The van der Waals surface area contributed by atoms with Crippen LogP contribution < -0.4 is 36.7 Å². The number of fused-ring (bicyclic) bond motifs is 1. The molecule has 0 saturated carbocycles. The van der Waals surface area contributed by atoms with E-state index < -0.39 is 0 Å². The van der Waals surface area contributed by atoms with Crippen molar-refractivity contribution in [1.29, 1.82) is 0 Å². The highest BCUT2D eigenvalue weighted by atomic mass is 35.5. The molecular formula is C23H22ClFNO4-. The van der Waals surface area contributed by atoms with Crippen molar-refractivity contribution in [3.8, 4) is 23.0 Å². The summed E-state index contributed by atoms with van der Waals surface area (Å²) in [6.07, 6.45) is 0. The van der Waals surface area contributed by atoms with Gasteiger partial charge in [-0.05, 0) is 29.8 Å². The van der Waals surface area contributed by atoms with Crippen LogP contribution in [0.3, 0.4) is 0 Å². The number of hydrogen-bond donors (Lipinski definition) is 1. The minimum absolute atomic E-state index is 0. The Balaban J connectivity index is 0.00000256. The van der Waals surface area contributed by atoms with Crippen LogP contribution >= 0.6 is 0 Å². The van der Waals surface area contributed by atoms with Crippen molar-refractivity contribution in [1.82, 2.24) is 5.32 Å². The van der Waals surface area contributed by atoms with E-state index in [1.165, 1.54) is 6.07 Å². The zero-order chi connectivity index (χ0) is 20.1. The first-order chi connectivity index (χ1) is 14.2. The molecule has 0 spiro atoms. The molecule has 0 aromatic heterocycles. The molecule has 0 aliphatic carbocycles. The van der Waals surface area contributed by atoms with E-state index in [2.05, 4.69) is 5.32 Å².